The van der Waals surface area contributed by atoms with Crippen LogP contribution in [0.1, 0.15) is 5.56 Å². The number of nitrogens with zero attached hydrogens (tertiary/aromatic N) is 2. The zero-order valence-corrected chi connectivity index (χ0v) is 12.4. The molecule has 0 aliphatic carbocycles. The van der Waals surface area contributed by atoms with E-state index in [-0.39, 0.29) is 11.5 Å². The maximum atomic E-state index is 14.0. The predicted octanol–water partition coefficient (Wildman–Crippen LogP) is 2.80. The van der Waals surface area contributed by atoms with E-state index >= 15 is 0 Å². The number of thioether (sulfide) groups is 1. The van der Waals surface area contributed by atoms with Crippen LogP contribution >= 0.6 is 23.4 Å². The molecule has 1 aromatic rings. The van der Waals surface area contributed by atoms with Gasteiger partial charge in [0.05, 0.1) is 0 Å². The van der Waals surface area contributed by atoms with Gasteiger partial charge in [0.2, 0.25) is 0 Å². The molecule has 0 bridgehead atoms. The average molecular weight is 320 g/mol. The molecule has 1 saturated heterocycles. The summed E-state index contributed by atoms with van der Waals surface area (Å²) in [5.41, 5.74) is 5.67. The van der Waals surface area contributed by atoms with Gasteiger partial charge < -0.3 is 10.6 Å². The van der Waals surface area contributed by atoms with Gasteiger partial charge in [0.25, 0.3) is 5.92 Å². The fourth-order valence-corrected chi connectivity index (χ4v) is 2.89. The SMILES string of the molecule is NC(=NCC(F)(F)c1ccc(Cl)cc1)N1CCSCC1. The third kappa shape index (κ3) is 3.99. The Morgan fingerprint density at radius 1 is 1.30 bits per heavy atom. The topological polar surface area (TPSA) is 41.6 Å². The van der Waals surface area contributed by atoms with Gasteiger partial charge in [0, 0.05) is 35.2 Å². The van der Waals surface area contributed by atoms with Crippen LogP contribution in [-0.2, 0) is 5.92 Å². The van der Waals surface area contributed by atoms with Crippen molar-refractivity contribution in [1.29, 1.82) is 0 Å². The fourth-order valence-electron chi connectivity index (χ4n) is 1.86. The summed E-state index contributed by atoms with van der Waals surface area (Å²) in [5, 5.41) is 0.429. The van der Waals surface area contributed by atoms with Gasteiger partial charge in [-0.15, -0.1) is 0 Å². The van der Waals surface area contributed by atoms with E-state index in [0.717, 1.165) is 24.6 Å². The molecule has 110 valence electrons. The molecule has 3 nitrogen and oxygen atoms in total. The van der Waals surface area contributed by atoms with E-state index in [0.29, 0.717) is 5.02 Å². The molecule has 0 amide bonds. The van der Waals surface area contributed by atoms with Crippen molar-refractivity contribution < 1.29 is 8.78 Å². The van der Waals surface area contributed by atoms with Gasteiger partial charge in [0.15, 0.2) is 5.96 Å². The fraction of sp³-hybridized carbons (Fsp3) is 0.462. The molecular weight excluding hydrogens is 304 g/mol. The summed E-state index contributed by atoms with van der Waals surface area (Å²) in [4.78, 5) is 5.69. The molecule has 2 N–H and O–H groups in total. The van der Waals surface area contributed by atoms with Gasteiger partial charge >= 0.3 is 0 Å². The van der Waals surface area contributed by atoms with Crippen molar-refractivity contribution in [1.82, 2.24) is 4.90 Å². The lowest BCUT2D eigenvalue weighted by atomic mass is 10.1. The van der Waals surface area contributed by atoms with Crippen LogP contribution in [0.2, 0.25) is 5.02 Å². The molecule has 0 aromatic heterocycles. The van der Waals surface area contributed by atoms with Gasteiger partial charge in [-0.25, -0.2) is 4.99 Å². The van der Waals surface area contributed by atoms with Gasteiger partial charge in [-0.2, -0.15) is 20.5 Å². The van der Waals surface area contributed by atoms with Crippen molar-refractivity contribution in [2.45, 2.75) is 5.92 Å². The molecule has 0 radical (unpaired) electrons. The van der Waals surface area contributed by atoms with E-state index in [2.05, 4.69) is 4.99 Å². The standard InChI is InChI=1S/C13H16ClF2N3S/c14-11-3-1-10(2-4-11)13(15,16)9-18-12(17)19-5-7-20-8-6-19/h1-4H,5-9H2,(H2,17,18). The average Bonchev–Trinajstić information content (AvgIpc) is 2.46. The van der Waals surface area contributed by atoms with E-state index in [1.165, 1.54) is 24.3 Å². The van der Waals surface area contributed by atoms with Crippen LogP contribution in [0.3, 0.4) is 0 Å². The molecule has 0 spiro atoms. The van der Waals surface area contributed by atoms with Gasteiger partial charge in [0.1, 0.15) is 6.54 Å². The first-order valence-corrected chi connectivity index (χ1v) is 7.79. The highest BCUT2D eigenvalue weighted by molar-refractivity contribution is 7.99. The zero-order chi connectivity index (χ0) is 14.6. The molecule has 1 fully saturated rings. The Balaban J connectivity index is 2.01. The van der Waals surface area contributed by atoms with E-state index in [1.54, 1.807) is 0 Å². The number of alkyl halides is 2. The number of guanidine groups is 1. The monoisotopic (exact) mass is 319 g/mol. The molecule has 20 heavy (non-hydrogen) atoms. The Kier molecular flexibility index (Phi) is 5.10. The largest absolute Gasteiger partial charge is 0.370 e. The lowest BCUT2D eigenvalue weighted by Gasteiger charge is -2.27. The molecule has 1 aliphatic heterocycles. The van der Waals surface area contributed by atoms with Crippen molar-refractivity contribution in [2.24, 2.45) is 10.7 Å². The summed E-state index contributed by atoms with van der Waals surface area (Å²) in [5.74, 6) is -0.952. The predicted molar refractivity (Wildman–Crippen MR) is 80.7 cm³/mol. The first-order valence-electron chi connectivity index (χ1n) is 6.25. The quantitative estimate of drug-likeness (QED) is 0.688. The number of halogens is 3. The second-order valence-corrected chi connectivity index (χ2v) is 6.15. The highest BCUT2D eigenvalue weighted by Crippen LogP contribution is 2.29. The summed E-state index contributed by atoms with van der Waals surface area (Å²) >= 11 is 7.51. The van der Waals surface area contributed by atoms with Gasteiger partial charge in [-0.05, 0) is 12.1 Å². The first kappa shape index (κ1) is 15.4. The van der Waals surface area contributed by atoms with Crippen LogP contribution < -0.4 is 5.73 Å². The maximum Gasteiger partial charge on any atom is 0.292 e. The van der Waals surface area contributed by atoms with Crippen molar-refractivity contribution in [3.63, 3.8) is 0 Å². The number of hydrogen-bond donors (Lipinski definition) is 1. The van der Waals surface area contributed by atoms with Crippen molar-refractivity contribution in [3.8, 4) is 0 Å². The van der Waals surface area contributed by atoms with Gasteiger partial charge in [-0.3, -0.25) is 0 Å². The number of aliphatic imine (C=N–C) groups is 1. The molecule has 1 aliphatic rings. The van der Waals surface area contributed by atoms with Crippen LogP contribution in [0, 0.1) is 0 Å². The third-order valence-corrected chi connectivity index (χ3v) is 4.24. The summed E-state index contributed by atoms with van der Waals surface area (Å²) in [7, 11) is 0. The Hall–Kier alpha value is -1.01. The number of rotatable bonds is 3. The minimum Gasteiger partial charge on any atom is -0.370 e. The Morgan fingerprint density at radius 2 is 1.90 bits per heavy atom. The Morgan fingerprint density at radius 3 is 2.50 bits per heavy atom. The summed E-state index contributed by atoms with van der Waals surface area (Å²) in [6, 6.07) is 5.51. The number of hydrogen-bond acceptors (Lipinski definition) is 2. The summed E-state index contributed by atoms with van der Waals surface area (Å²) in [6.07, 6.45) is 0. The summed E-state index contributed by atoms with van der Waals surface area (Å²) in [6.45, 7) is 0.864. The highest BCUT2D eigenvalue weighted by Gasteiger charge is 2.31. The van der Waals surface area contributed by atoms with Crippen molar-refractivity contribution in [3.05, 3.63) is 34.9 Å². The first-order chi connectivity index (χ1) is 9.49. The maximum absolute atomic E-state index is 14.0. The van der Waals surface area contributed by atoms with Crippen LogP contribution in [0.15, 0.2) is 29.3 Å². The van der Waals surface area contributed by atoms with Crippen LogP contribution in [0.4, 0.5) is 8.78 Å². The minimum absolute atomic E-state index is 0.104. The van der Waals surface area contributed by atoms with Gasteiger partial charge in [-0.1, -0.05) is 23.7 Å². The smallest absolute Gasteiger partial charge is 0.292 e. The normalized spacial score (nSPS) is 17.4. The number of nitrogens with two attached hydrogens (primary N) is 1. The van der Waals surface area contributed by atoms with Crippen molar-refractivity contribution in [2.75, 3.05) is 31.1 Å². The van der Waals surface area contributed by atoms with E-state index in [9.17, 15) is 8.78 Å². The second-order valence-electron chi connectivity index (χ2n) is 4.49. The molecule has 1 aromatic carbocycles. The van der Waals surface area contributed by atoms with E-state index in [1.807, 2.05) is 16.7 Å². The third-order valence-electron chi connectivity index (χ3n) is 3.04. The lowest BCUT2D eigenvalue weighted by Crippen LogP contribution is -2.43. The van der Waals surface area contributed by atoms with E-state index < -0.39 is 12.5 Å². The molecule has 0 atom stereocenters. The molecular formula is C13H16ClF2N3S. The van der Waals surface area contributed by atoms with Crippen molar-refractivity contribution >= 4 is 29.3 Å². The molecule has 0 saturated carbocycles. The van der Waals surface area contributed by atoms with Crippen LogP contribution in [-0.4, -0.2) is 42.0 Å². The zero-order valence-electron chi connectivity index (χ0n) is 10.9. The van der Waals surface area contributed by atoms with Crippen LogP contribution in [0.5, 0.6) is 0 Å². The highest BCUT2D eigenvalue weighted by atomic mass is 35.5. The Labute approximate surface area is 126 Å². The summed E-state index contributed by atoms with van der Waals surface area (Å²) < 4.78 is 28.0. The van der Waals surface area contributed by atoms with E-state index in [4.69, 9.17) is 17.3 Å². The second kappa shape index (κ2) is 6.63. The molecule has 1 heterocycles. The molecule has 0 unspecified atom stereocenters. The minimum atomic E-state index is -3.04. The van der Waals surface area contributed by atoms with Crippen LogP contribution in [0.25, 0.3) is 0 Å². The number of benzene rings is 1. The molecule has 7 heteroatoms. The Bertz CT molecular complexity index is 473. The molecule has 2 rings (SSSR count). The lowest BCUT2D eigenvalue weighted by molar-refractivity contribution is 0.00627.